The number of aliphatic imine (C=N–C) groups is 1. The smallest absolute Gasteiger partial charge is 0.194 e. The maximum Gasteiger partial charge on any atom is 0.194 e. The second kappa shape index (κ2) is 10.0. The van der Waals surface area contributed by atoms with Gasteiger partial charge in [0.15, 0.2) is 17.5 Å². The van der Waals surface area contributed by atoms with Gasteiger partial charge in [-0.15, -0.1) is 11.3 Å². The van der Waals surface area contributed by atoms with Crippen LogP contribution in [0.3, 0.4) is 0 Å². The Kier molecular flexibility index (Phi) is 7.72. The molecule has 2 aromatic rings. The van der Waals surface area contributed by atoms with Crippen LogP contribution >= 0.6 is 11.3 Å². The number of ether oxygens (including phenoxy) is 2. The third-order valence-corrected chi connectivity index (χ3v) is 4.60. The number of thiazole rings is 1. The average molecular weight is 377 g/mol. The molecule has 0 atom stereocenters. The predicted molar refractivity (Wildman–Crippen MR) is 107 cm³/mol. The molecule has 1 heterocycles. The van der Waals surface area contributed by atoms with Crippen LogP contribution in [-0.2, 0) is 13.1 Å². The lowest BCUT2D eigenvalue weighted by molar-refractivity contribution is 0.294. The van der Waals surface area contributed by atoms with Gasteiger partial charge in [0.2, 0.25) is 0 Å². The van der Waals surface area contributed by atoms with Crippen molar-refractivity contribution in [3.8, 4) is 11.5 Å². The molecule has 0 amide bonds. The van der Waals surface area contributed by atoms with E-state index in [1.54, 1.807) is 25.5 Å². The number of benzene rings is 1. The minimum absolute atomic E-state index is 0.650. The summed E-state index contributed by atoms with van der Waals surface area (Å²) in [7, 11) is 5.45. The van der Waals surface area contributed by atoms with Crippen molar-refractivity contribution in [3.05, 3.63) is 39.8 Å². The first kappa shape index (κ1) is 20.0. The van der Waals surface area contributed by atoms with Crippen LogP contribution < -0.4 is 14.8 Å². The van der Waals surface area contributed by atoms with Crippen LogP contribution in [0.2, 0.25) is 0 Å². The molecule has 0 bridgehead atoms. The Labute approximate surface area is 159 Å². The van der Waals surface area contributed by atoms with Crippen molar-refractivity contribution in [2.45, 2.75) is 33.4 Å². The van der Waals surface area contributed by atoms with E-state index in [4.69, 9.17) is 9.47 Å². The minimum Gasteiger partial charge on any atom is -0.493 e. The van der Waals surface area contributed by atoms with Crippen LogP contribution in [0.4, 0.5) is 0 Å². The number of methoxy groups -OCH3 is 1. The van der Waals surface area contributed by atoms with E-state index in [2.05, 4.69) is 32.5 Å². The molecule has 2 rings (SSSR count). The number of aryl methyl sites for hydroxylation is 1. The van der Waals surface area contributed by atoms with E-state index in [1.807, 2.05) is 32.2 Å². The molecule has 0 saturated carbocycles. The predicted octanol–water partition coefficient (Wildman–Crippen LogP) is 3.46. The standard InChI is InChI=1S/C19H28N4O2S/c1-6-9-25-17-8-7-15(10-18(17)24-5)11-21-19(20-3)23(4)12-16-13-26-14(2)22-16/h7-8,10,13H,6,9,11-12H2,1-5H3,(H,20,21). The molecule has 7 heteroatoms. The van der Waals surface area contributed by atoms with E-state index in [9.17, 15) is 0 Å². The van der Waals surface area contributed by atoms with Crippen molar-refractivity contribution < 1.29 is 9.47 Å². The van der Waals surface area contributed by atoms with Crippen molar-refractivity contribution in [1.29, 1.82) is 0 Å². The highest BCUT2D eigenvalue weighted by Gasteiger charge is 2.10. The largest absolute Gasteiger partial charge is 0.493 e. The maximum atomic E-state index is 5.70. The van der Waals surface area contributed by atoms with Gasteiger partial charge in [-0.25, -0.2) is 4.98 Å². The van der Waals surface area contributed by atoms with E-state index in [0.717, 1.165) is 46.7 Å². The number of hydrogen-bond donors (Lipinski definition) is 1. The molecule has 6 nitrogen and oxygen atoms in total. The van der Waals surface area contributed by atoms with E-state index < -0.39 is 0 Å². The fraction of sp³-hybridized carbons (Fsp3) is 0.474. The Morgan fingerprint density at radius 3 is 2.77 bits per heavy atom. The number of hydrogen-bond acceptors (Lipinski definition) is 5. The third-order valence-electron chi connectivity index (χ3n) is 3.78. The highest BCUT2D eigenvalue weighted by Crippen LogP contribution is 2.28. The summed E-state index contributed by atoms with van der Waals surface area (Å²) >= 11 is 1.66. The normalized spacial score (nSPS) is 11.3. The summed E-state index contributed by atoms with van der Waals surface area (Å²) in [6, 6.07) is 5.99. The Hall–Kier alpha value is -2.28. The Morgan fingerprint density at radius 1 is 1.35 bits per heavy atom. The molecule has 0 radical (unpaired) electrons. The SMILES string of the molecule is CCCOc1ccc(CNC(=NC)N(C)Cc2csc(C)n2)cc1OC. The first-order valence-corrected chi connectivity index (χ1v) is 9.57. The van der Waals surface area contributed by atoms with Crippen molar-refractivity contribution in [1.82, 2.24) is 15.2 Å². The van der Waals surface area contributed by atoms with Crippen molar-refractivity contribution >= 4 is 17.3 Å². The Bertz CT molecular complexity index is 730. The van der Waals surface area contributed by atoms with Gasteiger partial charge >= 0.3 is 0 Å². The second-order valence-corrected chi connectivity index (χ2v) is 7.01. The van der Waals surface area contributed by atoms with Crippen LogP contribution in [0.1, 0.15) is 29.6 Å². The van der Waals surface area contributed by atoms with E-state index in [1.165, 1.54) is 0 Å². The molecule has 0 aliphatic heterocycles. The summed E-state index contributed by atoms with van der Waals surface area (Å²) in [5, 5.41) is 6.54. The summed E-state index contributed by atoms with van der Waals surface area (Å²) in [6.07, 6.45) is 0.966. The van der Waals surface area contributed by atoms with Gasteiger partial charge in [-0.2, -0.15) is 0 Å². The van der Waals surface area contributed by atoms with Gasteiger partial charge in [0.25, 0.3) is 0 Å². The third kappa shape index (κ3) is 5.62. The molecule has 26 heavy (non-hydrogen) atoms. The molecular weight excluding hydrogens is 348 g/mol. The molecule has 1 aromatic heterocycles. The number of rotatable bonds is 8. The second-order valence-electron chi connectivity index (χ2n) is 5.95. The summed E-state index contributed by atoms with van der Waals surface area (Å²) in [6.45, 7) is 6.15. The van der Waals surface area contributed by atoms with Gasteiger partial charge in [-0.1, -0.05) is 13.0 Å². The van der Waals surface area contributed by atoms with Gasteiger partial charge in [0, 0.05) is 26.0 Å². The molecule has 0 unspecified atom stereocenters. The fourth-order valence-corrected chi connectivity index (χ4v) is 3.12. The summed E-state index contributed by atoms with van der Waals surface area (Å²) < 4.78 is 11.1. The zero-order chi connectivity index (χ0) is 18.9. The lowest BCUT2D eigenvalue weighted by Gasteiger charge is -2.21. The first-order chi connectivity index (χ1) is 12.6. The fourth-order valence-electron chi connectivity index (χ4n) is 2.52. The molecule has 0 fully saturated rings. The van der Waals surface area contributed by atoms with Crippen LogP contribution in [0.25, 0.3) is 0 Å². The average Bonchev–Trinajstić information content (AvgIpc) is 3.05. The molecule has 1 N–H and O–H groups in total. The Balaban J connectivity index is 1.96. The molecule has 1 aromatic carbocycles. The molecule has 0 saturated heterocycles. The van der Waals surface area contributed by atoms with Gasteiger partial charge < -0.3 is 19.7 Å². The van der Waals surface area contributed by atoms with Gasteiger partial charge in [-0.3, -0.25) is 4.99 Å². The van der Waals surface area contributed by atoms with E-state index >= 15 is 0 Å². The monoisotopic (exact) mass is 376 g/mol. The molecule has 0 aliphatic carbocycles. The zero-order valence-electron chi connectivity index (χ0n) is 16.2. The van der Waals surface area contributed by atoms with E-state index in [0.29, 0.717) is 13.2 Å². The summed E-state index contributed by atoms with van der Waals surface area (Å²) in [5.74, 6) is 2.35. The van der Waals surface area contributed by atoms with E-state index in [-0.39, 0.29) is 0 Å². The number of nitrogens with zero attached hydrogens (tertiary/aromatic N) is 3. The lowest BCUT2D eigenvalue weighted by Crippen LogP contribution is -2.38. The van der Waals surface area contributed by atoms with Crippen LogP contribution in [-0.4, -0.2) is 43.7 Å². The van der Waals surface area contributed by atoms with Crippen LogP contribution in [0.5, 0.6) is 11.5 Å². The van der Waals surface area contributed by atoms with Crippen molar-refractivity contribution in [2.75, 3.05) is 27.8 Å². The topological polar surface area (TPSA) is 59.0 Å². The van der Waals surface area contributed by atoms with Crippen LogP contribution in [0.15, 0.2) is 28.6 Å². The van der Waals surface area contributed by atoms with Gasteiger partial charge in [0.05, 0.1) is 31.0 Å². The highest BCUT2D eigenvalue weighted by atomic mass is 32.1. The van der Waals surface area contributed by atoms with Gasteiger partial charge in [0.1, 0.15) is 0 Å². The van der Waals surface area contributed by atoms with Crippen LogP contribution in [0, 0.1) is 6.92 Å². The summed E-state index contributed by atoms with van der Waals surface area (Å²) in [5.41, 5.74) is 2.15. The van der Waals surface area contributed by atoms with Crippen molar-refractivity contribution in [2.24, 2.45) is 4.99 Å². The van der Waals surface area contributed by atoms with Crippen molar-refractivity contribution in [3.63, 3.8) is 0 Å². The number of aromatic nitrogens is 1. The van der Waals surface area contributed by atoms with Gasteiger partial charge in [-0.05, 0) is 31.0 Å². The number of nitrogens with one attached hydrogen (secondary N) is 1. The number of guanidine groups is 1. The first-order valence-electron chi connectivity index (χ1n) is 8.69. The quantitative estimate of drug-likeness (QED) is 0.565. The summed E-state index contributed by atoms with van der Waals surface area (Å²) in [4.78, 5) is 10.9. The molecule has 142 valence electrons. The maximum absolute atomic E-state index is 5.70. The molecular formula is C19H28N4O2S. The highest BCUT2D eigenvalue weighted by molar-refractivity contribution is 7.09. The molecule has 0 spiro atoms. The zero-order valence-corrected chi connectivity index (χ0v) is 17.0. The lowest BCUT2D eigenvalue weighted by atomic mass is 10.2. The molecule has 0 aliphatic rings. The Morgan fingerprint density at radius 2 is 2.15 bits per heavy atom. The minimum atomic E-state index is 0.650.